The summed E-state index contributed by atoms with van der Waals surface area (Å²) in [5, 5.41) is 0. The van der Waals surface area contributed by atoms with Gasteiger partial charge in [0.2, 0.25) is 0 Å². The highest BCUT2D eigenvalue weighted by molar-refractivity contribution is 7.87. The number of Topliss-reactive ketones (excluding diaryl/α,β-unsaturated/α-hetero) is 1. The average molecular weight is 477 g/mol. The molecule has 5 rings (SSSR count). The maximum Gasteiger partial charge on any atom is 0.534 e. The van der Waals surface area contributed by atoms with Crippen molar-refractivity contribution >= 4 is 15.9 Å². The molecule has 10 heteroatoms. The van der Waals surface area contributed by atoms with E-state index in [1.54, 1.807) is 6.92 Å². The summed E-state index contributed by atoms with van der Waals surface area (Å²) in [6.07, 6.45) is 7.15. The first-order valence-corrected chi connectivity index (χ1v) is 12.6. The zero-order valence-corrected chi connectivity index (χ0v) is 18.6. The van der Waals surface area contributed by atoms with Crippen molar-refractivity contribution in [3.8, 4) is 0 Å². The van der Waals surface area contributed by atoms with Crippen LogP contribution in [-0.2, 0) is 28.6 Å². The second-order valence-electron chi connectivity index (χ2n) is 9.68. The predicted octanol–water partition coefficient (Wildman–Crippen LogP) is 4.23. The van der Waals surface area contributed by atoms with Crippen LogP contribution in [0.25, 0.3) is 0 Å². The Balaban J connectivity index is 1.43. The fourth-order valence-corrected chi connectivity index (χ4v) is 7.56. The summed E-state index contributed by atoms with van der Waals surface area (Å²) >= 11 is 0. The van der Waals surface area contributed by atoms with Crippen molar-refractivity contribution in [2.45, 2.75) is 63.2 Å². The molecule has 4 aliphatic carbocycles. The maximum atomic E-state index is 13.5. The minimum Gasteiger partial charge on any atom is -0.380 e. The first-order valence-electron chi connectivity index (χ1n) is 11.2. The topological polar surface area (TPSA) is 78.9 Å². The molecule has 3 fully saturated rings. The molecule has 0 aromatic carbocycles. The van der Waals surface area contributed by atoms with E-state index in [1.807, 2.05) is 0 Å². The number of hydrogen-bond acceptors (Lipinski definition) is 6. The van der Waals surface area contributed by atoms with Crippen LogP contribution in [0.3, 0.4) is 0 Å². The molecule has 1 saturated heterocycles. The summed E-state index contributed by atoms with van der Waals surface area (Å²) in [4.78, 5) is 13.5. The van der Waals surface area contributed by atoms with Crippen LogP contribution in [-0.4, -0.2) is 38.7 Å². The van der Waals surface area contributed by atoms with Crippen LogP contribution in [0.1, 0.15) is 51.9 Å². The quantitative estimate of drug-likeness (QED) is 0.345. The summed E-state index contributed by atoms with van der Waals surface area (Å²) in [5.74, 6) is -1.09. The third kappa shape index (κ3) is 3.20. The summed E-state index contributed by atoms with van der Waals surface area (Å²) in [7, 11) is -5.78. The van der Waals surface area contributed by atoms with E-state index in [0.717, 1.165) is 6.42 Å². The summed E-state index contributed by atoms with van der Waals surface area (Å²) in [6, 6.07) is 0. The monoisotopic (exact) mass is 476 g/mol. The number of allylic oxidation sites excluding steroid dienone is 3. The van der Waals surface area contributed by atoms with Gasteiger partial charge in [-0.1, -0.05) is 18.6 Å². The molecule has 178 valence electrons. The Labute approximate surface area is 185 Å². The molecule has 1 aliphatic heterocycles. The third-order valence-electron chi connectivity index (χ3n) is 8.40. The van der Waals surface area contributed by atoms with E-state index in [1.165, 1.54) is 11.6 Å². The fraction of sp³-hybridized carbons (Fsp3) is 0.773. The molecule has 0 aromatic rings. The standard InChI is InChI=1S/C22H27F3O6S/c1-2-20-12-17(26)19-14-7-8-21(29-9-10-30-21)11-13(14)3-4-15(19)16(20)5-6-18(20)31-32(27,28)22(23,24)25/h3,6,14-16,19H,2,4-5,7-12H2,1H3/t14-,15-,16-,19+,20-/m0/s1. The number of carbonyl (C=O) groups is 1. The Morgan fingerprint density at radius 1 is 1.16 bits per heavy atom. The van der Waals surface area contributed by atoms with Gasteiger partial charge in [0.25, 0.3) is 0 Å². The molecular formula is C22H27F3O6S. The van der Waals surface area contributed by atoms with E-state index in [-0.39, 0.29) is 41.6 Å². The normalized spacial score (nSPS) is 38.6. The molecule has 2 saturated carbocycles. The Morgan fingerprint density at radius 2 is 1.88 bits per heavy atom. The smallest absolute Gasteiger partial charge is 0.380 e. The molecule has 32 heavy (non-hydrogen) atoms. The van der Waals surface area contributed by atoms with Gasteiger partial charge < -0.3 is 13.7 Å². The van der Waals surface area contributed by atoms with Crippen LogP contribution in [0.2, 0.25) is 0 Å². The van der Waals surface area contributed by atoms with Gasteiger partial charge in [-0.05, 0) is 49.5 Å². The lowest BCUT2D eigenvalue weighted by Crippen LogP contribution is -2.52. The zero-order chi connectivity index (χ0) is 22.9. The number of ketones is 1. The van der Waals surface area contributed by atoms with Crippen molar-refractivity contribution in [1.29, 1.82) is 0 Å². The number of rotatable bonds is 3. The molecule has 0 radical (unpaired) electrons. The van der Waals surface area contributed by atoms with E-state index < -0.39 is 26.8 Å². The highest BCUT2D eigenvalue weighted by Crippen LogP contribution is 2.63. The van der Waals surface area contributed by atoms with Gasteiger partial charge in [-0.15, -0.1) is 0 Å². The molecule has 5 aliphatic rings. The molecule has 5 atom stereocenters. The summed E-state index contributed by atoms with van der Waals surface area (Å²) in [6.45, 7) is 2.92. The van der Waals surface area contributed by atoms with Crippen molar-refractivity contribution in [3.63, 3.8) is 0 Å². The lowest BCUT2D eigenvalue weighted by atomic mass is 9.51. The first kappa shape index (κ1) is 22.4. The van der Waals surface area contributed by atoms with E-state index >= 15 is 0 Å². The molecule has 0 N–H and O–H groups in total. The van der Waals surface area contributed by atoms with Gasteiger partial charge in [0, 0.05) is 30.6 Å². The van der Waals surface area contributed by atoms with E-state index in [4.69, 9.17) is 9.47 Å². The van der Waals surface area contributed by atoms with Crippen LogP contribution >= 0.6 is 0 Å². The molecule has 6 nitrogen and oxygen atoms in total. The van der Waals surface area contributed by atoms with Gasteiger partial charge in [-0.2, -0.15) is 21.6 Å². The van der Waals surface area contributed by atoms with E-state index in [9.17, 15) is 26.4 Å². The molecule has 0 bridgehead atoms. The number of fused-ring (bicyclic) bond motifs is 5. The summed E-state index contributed by atoms with van der Waals surface area (Å²) < 4.78 is 78.7. The number of hydrogen-bond donors (Lipinski definition) is 0. The van der Waals surface area contributed by atoms with Crippen molar-refractivity contribution in [2.24, 2.45) is 29.1 Å². The van der Waals surface area contributed by atoms with Gasteiger partial charge in [0.15, 0.2) is 5.79 Å². The molecule has 0 amide bonds. The highest BCUT2D eigenvalue weighted by Gasteiger charge is 2.61. The zero-order valence-electron chi connectivity index (χ0n) is 17.8. The minimum atomic E-state index is -5.78. The maximum absolute atomic E-state index is 13.5. The molecule has 0 unspecified atom stereocenters. The SMILES string of the molecule is CC[C@]12CC(=O)[C@H]3[C@@H](CC=C4CC5(CC[C@@H]43)OCCO5)[C@@H]1CC=C2OS(=O)(=O)C(F)(F)F. The van der Waals surface area contributed by atoms with Gasteiger partial charge in [-0.25, -0.2) is 0 Å². The lowest BCUT2D eigenvalue weighted by Gasteiger charge is -2.53. The average Bonchev–Trinajstić information content (AvgIpc) is 3.32. The largest absolute Gasteiger partial charge is 0.534 e. The molecule has 1 spiro atoms. The Hall–Kier alpha value is -1.39. The van der Waals surface area contributed by atoms with E-state index in [0.29, 0.717) is 45.3 Å². The van der Waals surface area contributed by atoms with Crippen molar-refractivity contribution < 1.29 is 40.0 Å². The minimum absolute atomic E-state index is 0.00582. The Morgan fingerprint density at radius 3 is 2.53 bits per heavy atom. The summed E-state index contributed by atoms with van der Waals surface area (Å²) in [5.41, 5.74) is -5.33. The Bertz CT molecular complexity index is 978. The predicted molar refractivity (Wildman–Crippen MR) is 106 cm³/mol. The number of carbonyl (C=O) groups excluding carboxylic acids is 1. The molecular weight excluding hydrogens is 449 g/mol. The second-order valence-corrected chi connectivity index (χ2v) is 11.2. The van der Waals surface area contributed by atoms with Crippen molar-refractivity contribution in [1.82, 2.24) is 0 Å². The lowest BCUT2D eigenvalue weighted by molar-refractivity contribution is -0.177. The van der Waals surface area contributed by atoms with Crippen molar-refractivity contribution in [2.75, 3.05) is 13.2 Å². The van der Waals surface area contributed by atoms with Crippen LogP contribution < -0.4 is 0 Å². The highest BCUT2D eigenvalue weighted by atomic mass is 32.2. The van der Waals surface area contributed by atoms with Crippen LogP contribution in [0.5, 0.6) is 0 Å². The van der Waals surface area contributed by atoms with Gasteiger partial charge >= 0.3 is 15.6 Å². The second kappa shape index (κ2) is 7.30. The van der Waals surface area contributed by atoms with Crippen molar-refractivity contribution in [3.05, 3.63) is 23.5 Å². The number of ether oxygens (including phenoxy) is 2. The number of halogens is 3. The van der Waals surface area contributed by atoms with Crippen LogP contribution in [0.15, 0.2) is 23.5 Å². The first-order chi connectivity index (χ1) is 15.0. The van der Waals surface area contributed by atoms with Gasteiger partial charge in [0.05, 0.1) is 13.2 Å². The van der Waals surface area contributed by atoms with Gasteiger partial charge in [0.1, 0.15) is 11.5 Å². The number of alkyl halides is 3. The third-order valence-corrected chi connectivity index (χ3v) is 9.36. The fourth-order valence-electron chi connectivity index (χ4n) is 7.00. The Kier molecular flexibility index (Phi) is 5.11. The van der Waals surface area contributed by atoms with E-state index in [2.05, 4.69) is 10.3 Å². The van der Waals surface area contributed by atoms with Crippen LogP contribution in [0, 0.1) is 29.1 Å². The molecule has 0 aromatic heterocycles. The van der Waals surface area contributed by atoms with Crippen LogP contribution in [0.4, 0.5) is 13.2 Å². The van der Waals surface area contributed by atoms with Gasteiger partial charge in [-0.3, -0.25) is 4.79 Å². The molecule has 1 heterocycles.